The fraction of sp³-hybridized carbons (Fsp3) is 0.562. The van der Waals surface area contributed by atoms with Gasteiger partial charge in [0.2, 0.25) is 0 Å². The van der Waals surface area contributed by atoms with E-state index in [1.807, 2.05) is 17.5 Å². The largest absolute Gasteiger partial charge is 0.309 e. The molecule has 4 heteroatoms. The third-order valence-electron chi connectivity index (χ3n) is 4.05. The zero-order valence-corrected chi connectivity index (χ0v) is 13.8. The predicted molar refractivity (Wildman–Crippen MR) is 87.9 cm³/mol. The van der Waals surface area contributed by atoms with Crippen LogP contribution in [-0.2, 0) is 12.8 Å². The van der Waals surface area contributed by atoms with E-state index in [0.29, 0.717) is 12.0 Å². The Hall–Kier alpha value is -0.710. The Balaban J connectivity index is 1.59. The predicted octanol–water partition coefficient (Wildman–Crippen LogP) is 4.54. The van der Waals surface area contributed by atoms with Crippen LogP contribution in [0.4, 0.5) is 0 Å². The summed E-state index contributed by atoms with van der Waals surface area (Å²) in [6, 6.07) is 2.89. The van der Waals surface area contributed by atoms with Gasteiger partial charge in [-0.25, -0.2) is 4.98 Å². The molecule has 2 nitrogen and oxygen atoms in total. The minimum atomic E-state index is 0.452. The summed E-state index contributed by atoms with van der Waals surface area (Å²) in [5.74, 6) is 0.493. The number of fused-ring (bicyclic) bond motifs is 1. The molecule has 0 aromatic carbocycles. The average molecular weight is 306 g/mol. The van der Waals surface area contributed by atoms with Gasteiger partial charge in [-0.15, -0.1) is 22.7 Å². The lowest BCUT2D eigenvalue weighted by Crippen LogP contribution is -2.22. The average Bonchev–Trinajstić information content (AvgIpc) is 3.12. The van der Waals surface area contributed by atoms with E-state index in [9.17, 15) is 0 Å². The van der Waals surface area contributed by atoms with E-state index in [2.05, 4.69) is 35.6 Å². The number of thiophene rings is 1. The number of hydrogen-bond donors (Lipinski definition) is 1. The molecular weight excluding hydrogens is 284 g/mol. The van der Waals surface area contributed by atoms with E-state index in [1.165, 1.54) is 35.6 Å². The van der Waals surface area contributed by atoms with Gasteiger partial charge >= 0.3 is 0 Å². The molecule has 2 unspecified atom stereocenters. The maximum Gasteiger partial charge on any atom is 0.0965 e. The Bertz CT molecular complexity index is 521. The normalized spacial score (nSPS) is 17.7. The van der Waals surface area contributed by atoms with Crippen molar-refractivity contribution in [1.82, 2.24) is 10.3 Å². The number of thiazole rings is 1. The van der Waals surface area contributed by atoms with E-state index in [1.54, 1.807) is 21.8 Å². The Morgan fingerprint density at radius 2 is 2.15 bits per heavy atom. The summed E-state index contributed by atoms with van der Waals surface area (Å²) < 4.78 is 0. The van der Waals surface area contributed by atoms with Crippen LogP contribution in [0.2, 0.25) is 0 Å². The second kappa shape index (κ2) is 6.37. The minimum Gasteiger partial charge on any atom is -0.309 e. The molecule has 1 aliphatic rings. The van der Waals surface area contributed by atoms with Crippen molar-refractivity contribution in [2.45, 2.75) is 51.5 Å². The quantitative estimate of drug-likeness (QED) is 0.877. The van der Waals surface area contributed by atoms with Gasteiger partial charge in [0.1, 0.15) is 0 Å². The lowest BCUT2D eigenvalue weighted by atomic mass is 9.99. The van der Waals surface area contributed by atoms with Gasteiger partial charge in [0, 0.05) is 39.8 Å². The Kier molecular flexibility index (Phi) is 4.54. The monoisotopic (exact) mass is 306 g/mol. The topological polar surface area (TPSA) is 24.9 Å². The first-order valence-electron chi connectivity index (χ1n) is 7.48. The molecule has 1 N–H and O–H groups in total. The SMILES string of the molecule is CC(CNC(C)c1cc2c(s1)CCCC2)c1nccs1. The number of aromatic nitrogens is 1. The van der Waals surface area contributed by atoms with Crippen LogP contribution >= 0.6 is 22.7 Å². The molecule has 2 atom stereocenters. The molecule has 1 aliphatic carbocycles. The van der Waals surface area contributed by atoms with Crippen LogP contribution in [0.1, 0.15) is 59.0 Å². The molecule has 20 heavy (non-hydrogen) atoms. The maximum absolute atomic E-state index is 4.40. The van der Waals surface area contributed by atoms with E-state index in [0.717, 1.165) is 6.54 Å². The van der Waals surface area contributed by atoms with Crippen LogP contribution in [0.5, 0.6) is 0 Å². The van der Waals surface area contributed by atoms with Crippen molar-refractivity contribution in [2.75, 3.05) is 6.54 Å². The first-order valence-corrected chi connectivity index (χ1v) is 9.18. The fourth-order valence-corrected chi connectivity index (χ4v) is 4.73. The van der Waals surface area contributed by atoms with Crippen LogP contribution in [0.25, 0.3) is 0 Å². The number of rotatable bonds is 5. The fourth-order valence-electron chi connectivity index (χ4n) is 2.75. The highest BCUT2D eigenvalue weighted by Crippen LogP contribution is 2.33. The molecule has 0 radical (unpaired) electrons. The van der Waals surface area contributed by atoms with Crippen molar-refractivity contribution in [2.24, 2.45) is 0 Å². The summed E-state index contributed by atoms with van der Waals surface area (Å²) in [4.78, 5) is 7.54. The van der Waals surface area contributed by atoms with E-state index in [4.69, 9.17) is 0 Å². The van der Waals surface area contributed by atoms with Gasteiger partial charge in [-0.05, 0) is 44.2 Å². The highest BCUT2D eigenvalue weighted by molar-refractivity contribution is 7.12. The molecule has 3 rings (SSSR count). The van der Waals surface area contributed by atoms with Gasteiger partial charge in [-0.1, -0.05) is 6.92 Å². The molecule has 0 aliphatic heterocycles. The van der Waals surface area contributed by atoms with Crippen molar-refractivity contribution < 1.29 is 0 Å². The smallest absolute Gasteiger partial charge is 0.0965 e. The highest BCUT2D eigenvalue weighted by Gasteiger charge is 2.17. The zero-order chi connectivity index (χ0) is 13.9. The zero-order valence-electron chi connectivity index (χ0n) is 12.2. The van der Waals surface area contributed by atoms with Crippen LogP contribution in [-0.4, -0.2) is 11.5 Å². The van der Waals surface area contributed by atoms with Gasteiger partial charge < -0.3 is 5.32 Å². The number of hydrogen-bond acceptors (Lipinski definition) is 4. The summed E-state index contributed by atoms with van der Waals surface area (Å²) in [6.45, 7) is 5.53. The lowest BCUT2D eigenvalue weighted by Gasteiger charge is -2.15. The summed E-state index contributed by atoms with van der Waals surface area (Å²) in [6.07, 6.45) is 7.21. The molecular formula is C16H22N2S2. The van der Waals surface area contributed by atoms with Gasteiger partial charge in [-0.2, -0.15) is 0 Å². The highest BCUT2D eigenvalue weighted by atomic mass is 32.1. The molecule has 0 amide bonds. The Morgan fingerprint density at radius 3 is 2.90 bits per heavy atom. The molecule has 2 heterocycles. The molecule has 0 bridgehead atoms. The minimum absolute atomic E-state index is 0.452. The summed E-state index contributed by atoms with van der Waals surface area (Å²) in [7, 11) is 0. The molecule has 0 spiro atoms. The summed E-state index contributed by atoms with van der Waals surface area (Å²) in [5.41, 5.74) is 1.61. The molecule has 108 valence electrons. The van der Waals surface area contributed by atoms with Gasteiger partial charge in [-0.3, -0.25) is 0 Å². The van der Waals surface area contributed by atoms with Crippen LogP contribution in [0.3, 0.4) is 0 Å². The van der Waals surface area contributed by atoms with E-state index >= 15 is 0 Å². The van der Waals surface area contributed by atoms with Crippen molar-refractivity contribution in [3.63, 3.8) is 0 Å². The Labute approximate surface area is 129 Å². The van der Waals surface area contributed by atoms with Crippen molar-refractivity contribution in [1.29, 1.82) is 0 Å². The second-order valence-electron chi connectivity index (χ2n) is 5.71. The van der Waals surface area contributed by atoms with Gasteiger partial charge in [0.15, 0.2) is 0 Å². The third kappa shape index (κ3) is 3.13. The maximum atomic E-state index is 4.40. The van der Waals surface area contributed by atoms with Crippen molar-refractivity contribution in [3.05, 3.63) is 38.0 Å². The van der Waals surface area contributed by atoms with Gasteiger partial charge in [0.25, 0.3) is 0 Å². The molecule has 0 fully saturated rings. The molecule has 2 aromatic rings. The van der Waals surface area contributed by atoms with Crippen molar-refractivity contribution in [3.8, 4) is 0 Å². The number of aryl methyl sites for hydroxylation is 2. The second-order valence-corrected chi connectivity index (χ2v) is 7.80. The standard InChI is InChI=1S/C16H22N2S2/c1-11(16-17-7-8-19-16)10-18-12(2)15-9-13-5-3-4-6-14(13)20-15/h7-9,11-12,18H,3-6,10H2,1-2H3. The first-order chi connectivity index (χ1) is 9.74. The van der Waals surface area contributed by atoms with Crippen LogP contribution in [0.15, 0.2) is 17.6 Å². The van der Waals surface area contributed by atoms with E-state index < -0.39 is 0 Å². The summed E-state index contributed by atoms with van der Waals surface area (Å²) >= 11 is 3.77. The Morgan fingerprint density at radius 1 is 1.30 bits per heavy atom. The van der Waals surface area contributed by atoms with Gasteiger partial charge in [0.05, 0.1) is 5.01 Å². The molecule has 0 saturated heterocycles. The van der Waals surface area contributed by atoms with Crippen LogP contribution < -0.4 is 5.32 Å². The third-order valence-corrected chi connectivity index (χ3v) is 6.47. The van der Waals surface area contributed by atoms with Crippen molar-refractivity contribution >= 4 is 22.7 Å². The molecule has 2 aromatic heterocycles. The number of nitrogens with zero attached hydrogens (tertiary/aromatic N) is 1. The first kappa shape index (κ1) is 14.2. The molecule has 0 saturated carbocycles. The lowest BCUT2D eigenvalue weighted by molar-refractivity contribution is 0.541. The number of nitrogens with one attached hydrogen (secondary N) is 1. The van der Waals surface area contributed by atoms with E-state index in [-0.39, 0.29) is 0 Å². The summed E-state index contributed by atoms with van der Waals surface area (Å²) in [5, 5.41) is 6.96. The van der Waals surface area contributed by atoms with Crippen LogP contribution in [0, 0.1) is 0 Å².